The van der Waals surface area contributed by atoms with E-state index in [1.165, 1.54) is 0 Å². The van der Waals surface area contributed by atoms with Gasteiger partial charge in [0.25, 0.3) is 0 Å². The van der Waals surface area contributed by atoms with Crippen molar-refractivity contribution in [3.8, 4) is 11.5 Å². The number of carbonyl (C=O) groups is 1. The summed E-state index contributed by atoms with van der Waals surface area (Å²) in [6.45, 7) is 0.365. The van der Waals surface area contributed by atoms with Gasteiger partial charge in [0.2, 0.25) is 0 Å². The normalized spacial score (nSPS) is 10.1. The van der Waals surface area contributed by atoms with Crippen molar-refractivity contribution in [2.75, 3.05) is 7.11 Å². The third-order valence-electron chi connectivity index (χ3n) is 2.64. The number of aldehydes is 1. The molecule has 0 aliphatic rings. The van der Waals surface area contributed by atoms with Gasteiger partial charge in [-0.15, -0.1) is 0 Å². The smallest absolute Gasteiger partial charge is 0.153 e. The van der Waals surface area contributed by atoms with E-state index in [9.17, 15) is 4.79 Å². The summed E-state index contributed by atoms with van der Waals surface area (Å²) in [4.78, 5) is 15.0. The number of methoxy groups -OCH3 is 1. The quantitative estimate of drug-likeness (QED) is 0.755. The van der Waals surface area contributed by atoms with Gasteiger partial charge in [-0.1, -0.05) is 0 Å². The molecule has 0 atom stereocenters. The SMILES string of the molecule is COc1ccc(OCc2cncn2C)c(C=O)c1. The molecule has 0 saturated carbocycles. The van der Waals surface area contributed by atoms with E-state index >= 15 is 0 Å². The molecule has 2 rings (SSSR count). The Hall–Kier alpha value is -2.30. The van der Waals surface area contributed by atoms with Crippen LogP contribution in [-0.2, 0) is 13.7 Å². The molecule has 0 aliphatic heterocycles. The number of hydrogen-bond donors (Lipinski definition) is 0. The predicted octanol–water partition coefficient (Wildman–Crippen LogP) is 1.82. The number of hydrogen-bond acceptors (Lipinski definition) is 4. The number of ether oxygens (including phenoxy) is 2. The largest absolute Gasteiger partial charge is 0.497 e. The van der Waals surface area contributed by atoms with E-state index in [1.807, 2.05) is 11.6 Å². The van der Waals surface area contributed by atoms with Gasteiger partial charge in [0.1, 0.15) is 18.1 Å². The number of nitrogens with zero attached hydrogens (tertiary/aromatic N) is 2. The zero-order valence-electron chi connectivity index (χ0n) is 10.3. The Bertz CT molecular complexity index is 549. The van der Waals surface area contributed by atoms with E-state index in [2.05, 4.69) is 4.98 Å². The van der Waals surface area contributed by atoms with Crippen molar-refractivity contribution < 1.29 is 14.3 Å². The van der Waals surface area contributed by atoms with Crippen LogP contribution in [0.15, 0.2) is 30.7 Å². The highest BCUT2D eigenvalue weighted by molar-refractivity contribution is 5.80. The number of benzene rings is 1. The maximum Gasteiger partial charge on any atom is 0.153 e. The maximum absolute atomic E-state index is 11.0. The summed E-state index contributed by atoms with van der Waals surface area (Å²) < 4.78 is 12.5. The summed E-state index contributed by atoms with van der Waals surface area (Å²) in [6, 6.07) is 5.12. The molecule has 0 amide bonds. The zero-order chi connectivity index (χ0) is 13.0. The Morgan fingerprint density at radius 2 is 2.28 bits per heavy atom. The van der Waals surface area contributed by atoms with Gasteiger partial charge in [-0.3, -0.25) is 4.79 Å². The Balaban J connectivity index is 2.14. The summed E-state index contributed by atoms with van der Waals surface area (Å²) in [5.74, 6) is 1.16. The predicted molar refractivity (Wildman–Crippen MR) is 65.9 cm³/mol. The fourth-order valence-corrected chi connectivity index (χ4v) is 1.55. The fourth-order valence-electron chi connectivity index (χ4n) is 1.55. The highest BCUT2D eigenvalue weighted by atomic mass is 16.5. The van der Waals surface area contributed by atoms with Crippen LogP contribution >= 0.6 is 0 Å². The summed E-state index contributed by atoms with van der Waals surface area (Å²) in [7, 11) is 3.44. The molecule has 0 spiro atoms. The van der Waals surface area contributed by atoms with Crippen LogP contribution in [-0.4, -0.2) is 22.9 Å². The average Bonchev–Trinajstić information content (AvgIpc) is 2.81. The molecule has 5 heteroatoms. The van der Waals surface area contributed by atoms with Crippen molar-refractivity contribution >= 4 is 6.29 Å². The molecule has 0 bridgehead atoms. The Kier molecular flexibility index (Phi) is 3.62. The fraction of sp³-hybridized carbons (Fsp3) is 0.231. The van der Waals surface area contributed by atoms with E-state index in [4.69, 9.17) is 9.47 Å². The van der Waals surface area contributed by atoms with Crippen LogP contribution in [0.1, 0.15) is 16.1 Å². The first-order chi connectivity index (χ1) is 8.74. The maximum atomic E-state index is 11.0. The van der Waals surface area contributed by atoms with Crippen LogP contribution in [0, 0.1) is 0 Å². The lowest BCUT2D eigenvalue weighted by Crippen LogP contribution is -2.02. The Morgan fingerprint density at radius 3 is 2.89 bits per heavy atom. The monoisotopic (exact) mass is 246 g/mol. The van der Waals surface area contributed by atoms with Crippen molar-refractivity contribution in [2.45, 2.75) is 6.61 Å². The van der Waals surface area contributed by atoms with E-state index in [-0.39, 0.29) is 0 Å². The molecule has 0 N–H and O–H groups in total. The molecule has 0 aliphatic carbocycles. The second-order valence-electron chi connectivity index (χ2n) is 3.81. The highest BCUT2D eigenvalue weighted by Crippen LogP contribution is 2.23. The van der Waals surface area contributed by atoms with Crippen molar-refractivity contribution in [1.82, 2.24) is 9.55 Å². The molecule has 18 heavy (non-hydrogen) atoms. The molecule has 94 valence electrons. The Labute approximate surface area is 105 Å². The summed E-state index contributed by atoms with van der Waals surface area (Å²) in [5.41, 5.74) is 1.40. The lowest BCUT2D eigenvalue weighted by molar-refractivity contribution is 0.111. The zero-order valence-corrected chi connectivity index (χ0v) is 10.3. The van der Waals surface area contributed by atoms with Crippen molar-refractivity contribution in [3.05, 3.63) is 42.0 Å². The molecule has 0 radical (unpaired) electrons. The van der Waals surface area contributed by atoms with Crippen LogP contribution in [0.4, 0.5) is 0 Å². The molecule has 0 unspecified atom stereocenters. The minimum absolute atomic E-state index is 0.365. The van der Waals surface area contributed by atoms with E-state index < -0.39 is 0 Å². The molecule has 2 aromatic rings. The average molecular weight is 246 g/mol. The minimum Gasteiger partial charge on any atom is -0.497 e. The standard InChI is InChI=1S/C13H14N2O3/c1-15-9-14-6-11(15)8-18-13-4-3-12(17-2)5-10(13)7-16/h3-7,9H,8H2,1-2H3. The van der Waals surface area contributed by atoms with Crippen LogP contribution in [0.2, 0.25) is 0 Å². The molecule has 5 nitrogen and oxygen atoms in total. The van der Waals surface area contributed by atoms with Gasteiger partial charge in [-0.2, -0.15) is 0 Å². The topological polar surface area (TPSA) is 53.4 Å². The summed E-state index contributed by atoms with van der Waals surface area (Å²) >= 11 is 0. The highest BCUT2D eigenvalue weighted by Gasteiger charge is 2.06. The molecule has 1 heterocycles. The van der Waals surface area contributed by atoms with Crippen molar-refractivity contribution in [2.24, 2.45) is 7.05 Å². The molecule has 0 saturated heterocycles. The minimum atomic E-state index is 0.365. The molecule has 1 aromatic heterocycles. The van der Waals surface area contributed by atoms with Crippen LogP contribution in [0.5, 0.6) is 11.5 Å². The van der Waals surface area contributed by atoms with Gasteiger partial charge in [0, 0.05) is 7.05 Å². The van der Waals surface area contributed by atoms with E-state index in [0.717, 1.165) is 12.0 Å². The first-order valence-corrected chi connectivity index (χ1v) is 5.46. The number of carbonyl (C=O) groups excluding carboxylic acids is 1. The van der Waals surface area contributed by atoms with Gasteiger partial charge in [0.05, 0.1) is 30.9 Å². The molecular formula is C13H14N2O3. The Morgan fingerprint density at radius 1 is 1.44 bits per heavy atom. The third kappa shape index (κ3) is 2.51. The number of imidazole rings is 1. The first kappa shape index (κ1) is 12.2. The lowest BCUT2D eigenvalue weighted by atomic mass is 10.2. The van der Waals surface area contributed by atoms with E-state index in [0.29, 0.717) is 23.7 Å². The summed E-state index contributed by atoms with van der Waals surface area (Å²) in [6.07, 6.45) is 4.18. The van der Waals surface area contributed by atoms with Gasteiger partial charge in [-0.25, -0.2) is 4.98 Å². The second-order valence-corrected chi connectivity index (χ2v) is 3.81. The van der Waals surface area contributed by atoms with Gasteiger partial charge in [0.15, 0.2) is 6.29 Å². The first-order valence-electron chi connectivity index (χ1n) is 5.46. The molecular weight excluding hydrogens is 232 g/mol. The lowest BCUT2D eigenvalue weighted by Gasteiger charge is -2.09. The van der Waals surface area contributed by atoms with Gasteiger partial charge in [-0.05, 0) is 18.2 Å². The van der Waals surface area contributed by atoms with Crippen molar-refractivity contribution in [3.63, 3.8) is 0 Å². The van der Waals surface area contributed by atoms with Gasteiger partial charge >= 0.3 is 0 Å². The number of rotatable bonds is 5. The number of aryl methyl sites for hydroxylation is 1. The second kappa shape index (κ2) is 5.35. The van der Waals surface area contributed by atoms with E-state index in [1.54, 1.807) is 37.8 Å². The van der Waals surface area contributed by atoms with Crippen LogP contribution in [0.25, 0.3) is 0 Å². The number of aromatic nitrogens is 2. The van der Waals surface area contributed by atoms with Gasteiger partial charge < -0.3 is 14.0 Å². The van der Waals surface area contributed by atoms with Crippen LogP contribution < -0.4 is 9.47 Å². The summed E-state index contributed by atoms with van der Waals surface area (Å²) in [5, 5.41) is 0. The van der Waals surface area contributed by atoms with Crippen LogP contribution in [0.3, 0.4) is 0 Å². The third-order valence-corrected chi connectivity index (χ3v) is 2.64. The molecule has 1 aromatic carbocycles. The molecule has 0 fully saturated rings. The van der Waals surface area contributed by atoms with Crippen molar-refractivity contribution in [1.29, 1.82) is 0 Å².